The standard InChI is InChI=1S/C22H31FN2O4/c1-25(16-4-2-5-16)21(26)20(24)15-10-8-14(9-11-15)12-29-13-18-17(22(27)28)6-3-7-19(18)23/h3,6-7,14-16,20H,2,4-5,8-13,24H2,1H3,(H,27,28)/t14?,15?,20-/m0/s1. The topological polar surface area (TPSA) is 92.9 Å². The van der Waals surface area contributed by atoms with Crippen molar-refractivity contribution in [3.05, 3.63) is 35.1 Å². The quantitative estimate of drug-likeness (QED) is 0.692. The van der Waals surface area contributed by atoms with Gasteiger partial charge in [-0.1, -0.05) is 6.07 Å². The summed E-state index contributed by atoms with van der Waals surface area (Å²) in [5.41, 5.74) is 6.30. The minimum Gasteiger partial charge on any atom is -0.478 e. The van der Waals surface area contributed by atoms with Crippen molar-refractivity contribution in [2.24, 2.45) is 17.6 Å². The molecular weight excluding hydrogens is 375 g/mol. The van der Waals surface area contributed by atoms with E-state index >= 15 is 0 Å². The van der Waals surface area contributed by atoms with Gasteiger partial charge in [0.25, 0.3) is 0 Å². The van der Waals surface area contributed by atoms with Crippen LogP contribution < -0.4 is 5.73 Å². The van der Waals surface area contributed by atoms with Crippen LogP contribution in [0.15, 0.2) is 18.2 Å². The highest BCUT2D eigenvalue weighted by molar-refractivity contribution is 5.89. The van der Waals surface area contributed by atoms with Crippen LogP contribution in [0.5, 0.6) is 0 Å². The maximum absolute atomic E-state index is 14.0. The van der Waals surface area contributed by atoms with Gasteiger partial charge in [-0.2, -0.15) is 0 Å². The molecule has 0 bridgehead atoms. The Kier molecular flexibility index (Phi) is 7.24. The summed E-state index contributed by atoms with van der Waals surface area (Å²) in [6.07, 6.45) is 6.89. The van der Waals surface area contributed by atoms with Crippen LogP contribution in [-0.4, -0.2) is 47.6 Å². The summed E-state index contributed by atoms with van der Waals surface area (Å²) in [6, 6.07) is 3.92. The summed E-state index contributed by atoms with van der Waals surface area (Å²) in [7, 11) is 1.86. The van der Waals surface area contributed by atoms with E-state index in [2.05, 4.69) is 0 Å². The van der Waals surface area contributed by atoms with Gasteiger partial charge in [0.15, 0.2) is 0 Å². The predicted molar refractivity (Wildman–Crippen MR) is 107 cm³/mol. The molecular formula is C22H31FN2O4. The molecule has 1 amide bonds. The largest absolute Gasteiger partial charge is 0.478 e. The molecule has 0 aromatic heterocycles. The van der Waals surface area contributed by atoms with Gasteiger partial charge in [0.05, 0.1) is 18.2 Å². The molecule has 2 saturated carbocycles. The zero-order valence-corrected chi connectivity index (χ0v) is 17.0. The average Bonchev–Trinajstić information content (AvgIpc) is 2.67. The van der Waals surface area contributed by atoms with E-state index in [1.165, 1.54) is 24.6 Å². The first-order valence-corrected chi connectivity index (χ1v) is 10.5. The molecule has 2 aliphatic carbocycles. The highest BCUT2D eigenvalue weighted by Gasteiger charge is 2.34. The molecule has 0 spiro atoms. The maximum Gasteiger partial charge on any atom is 0.336 e. The number of hydrogen-bond donors (Lipinski definition) is 2. The molecule has 29 heavy (non-hydrogen) atoms. The normalized spacial score (nSPS) is 23.3. The van der Waals surface area contributed by atoms with E-state index in [4.69, 9.17) is 10.5 Å². The fourth-order valence-electron chi connectivity index (χ4n) is 4.34. The van der Waals surface area contributed by atoms with E-state index in [0.717, 1.165) is 38.5 Å². The smallest absolute Gasteiger partial charge is 0.336 e. The van der Waals surface area contributed by atoms with Gasteiger partial charge in [0.2, 0.25) is 5.91 Å². The van der Waals surface area contributed by atoms with Gasteiger partial charge in [0, 0.05) is 25.3 Å². The fraction of sp³-hybridized carbons (Fsp3) is 0.636. The number of amides is 1. The number of rotatable bonds is 8. The van der Waals surface area contributed by atoms with Crippen molar-refractivity contribution >= 4 is 11.9 Å². The molecule has 7 heteroatoms. The molecule has 0 unspecified atom stereocenters. The Balaban J connectivity index is 1.43. The van der Waals surface area contributed by atoms with Crippen molar-refractivity contribution in [1.29, 1.82) is 0 Å². The lowest BCUT2D eigenvalue weighted by atomic mass is 9.78. The summed E-state index contributed by atoms with van der Waals surface area (Å²) in [5.74, 6) is -1.16. The molecule has 0 heterocycles. The number of carboxylic acids is 1. The van der Waals surface area contributed by atoms with Crippen molar-refractivity contribution in [1.82, 2.24) is 4.90 Å². The number of nitrogens with zero attached hydrogens (tertiary/aromatic N) is 1. The number of ether oxygens (including phenoxy) is 1. The van der Waals surface area contributed by atoms with Crippen LogP contribution in [0.25, 0.3) is 0 Å². The number of aromatic carboxylic acids is 1. The summed E-state index contributed by atoms with van der Waals surface area (Å²) in [6.45, 7) is 0.393. The van der Waals surface area contributed by atoms with Crippen molar-refractivity contribution in [3.63, 3.8) is 0 Å². The maximum atomic E-state index is 14.0. The van der Waals surface area contributed by atoms with Crippen molar-refractivity contribution in [2.75, 3.05) is 13.7 Å². The number of carbonyl (C=O) groups is 2. The van der Waals surface area contributed by atoms with Crippen molar-refractivity contribution in [2.45, 2.75) is 63.6 Å². The Morgan fingerprint density at radius 2 is 1.93 bits per heavy atom. The molecule has 3 rings (SSSR count). The monoisotopic (exact) mass is 406 g/mol. The molecule has 160 valence electrons. The zero-order chi connectivity index (χ0) is 21.0. The van der Waals surface area contributed by atoms with Crippen LogP contribution in [0.3, 0.4) is 0 Å². The van der Waals surface area contributed by atoms with Crippen LogP contribution in [0.2, 0.25) is 0 Å². The van der Waals surface area contributed by atoms with Crippen LogP contribution in [-0.2, 0) is 16.1 Å². The van der Waals surface area contributed by atoms with Gasteiger partial charge in [-0.05, 0) is 68.9 Å². The van der Waals surface area contributed by atoms with Crippen LogP contribution in [0.4, 0.5) is 4.39 Å². The predicted octanol–water partition coefficient (Wildman–Crippen LogP) is 3.19. The molecule has 6 nitrogen and oxygen atoms in total. The zero-order valence-electron chi connectivity index (χ0n) is 17.0. The lowest BCUT2D eigenvalue weighted by Gasteiger charge is -2.38. The molecule has 1 atom stereocenters. The number of carbonyl (C=O) groups excluding carboxylic acids is 1. The van der Waals surface area contributed by atoms with Gasteiger partial charge in [-0.25, -0.2) is 9.18 Å². The molecule has 0 aliphatic heterocycles. The Morgan fingerprint density at radius 3 is 2.52 bits per heavy atom. The van der Waals surface area contributed by atoms with E-state index in [0.29, 0.717) is 18.6 Å². The van der Waals surface area contributed by atoms with Gasteiger partial charge < -0.3 is 20.5 Å². The minimum absolute atomic E-state index is 0.0511. The average molecular weight is 406 g/mol. The molecule has 1 aromatic carbocycles. The molecule has 0 radical (unpaired) electrons. The molecule has 2 aliphatic rings. The SMILES string of the molecule is CN(C(=O)[C@@H](N)C1CCC(COCc2c(F)cccc2C(=O)O)CC1)C1CCC1. The second-order valence-electron chi connectivity index (χ2n) is 8.43. The third kappa shape index (κ3) is 5.14. The van der Waals surface area contributed by atoms with E-state index in [1.54, 1.807) is 0 Å². The Morgan fingerprint density at radius 1 is 1.24 bits per heavy atom. The van der Waals surface area contributed by atoms with Crippen LogP contribution >= 0.6 is 0 Å². The summed E-state index contributed by atoms with van der Waals surface area (Å²) in [5, 5.41) is 9.19. The van der Waals surface area contributed by atoms with E-state index in [1.807, 2.05) is 11.9 Å². The first-order chi connectivity index (χ1) is 13.9. The number of likely N-dealkylation sites (N-methyl/N-ethyl adjacent to an activating group) is 1. The van der Waals surface area contributed by atoms with Gasteiger partial charge in [-0.3, -0.25) is 4.79 Å². The number of hydrogen-bond acceptors (Lipinski definition) is 4. The van der Waals surface area contributed by atoms with Crippen LogP contribution in [0.1, 0.15) is 60.9 Å². The molecule has 0 saturated heterocycles. The van der Waals surface area contributed by atoms with Gasteiger partial charge >= 0.3 is 5.97 Å². The summed E-state index contributed by atoms with van der Waals surface area (Å²) in [4.78, 5) is 25.7. The van der Waals surface area contributed by atoms with Crippen molar-refractivity contribution in [3.8, 4) is 0 Å². The van der Waals surface area contributed by atoms with Crippen LogP contribution in [0, 0.1) is 17.7 Å². The summed E-state index contributed by atoms with van der Waals surface area (Å²) < 4.78 is 19.6. The molecule has 2 fully saturated rings. The lowest BCUT2D eigenvalue weighted by molar-refractivity contribution is -0.136. The first kappa shape index (κ1) is 21.7. The fourth-order valence-corrected chi connectivity index (χ4v) is 4.34. The van der Waals surface area contributed by atoms with E-state index in [9.17, 15) is 19.1 Å². The molecule has 1 aromatic rings. The van der Waals surface area contributed by atoms with Gasteiger partial charge in [0.1, 0.15) is 5.82 Å². The van der Waals surface area contributed by atoms with Crippen molar-refractivity contribution < 1.29 is 23.8 Å². The minimum atomic E-state index is -1.16. The van der Waals surface area contributed by atoms with E-state index < -0.39 is 17.8 Å². The second-order valence-corrected chi connectivity index (χ2v) is 8.43. The third-order valence-electron chi connectivity index (χ3n) is 6.60. The Bertz CT molecular complexity index is 730. The number of nitrogens with two attached hydrogens (primary N) is 1. The highest BCUT2D eigenvalue weighted by atomic mass is 19.1. The van der Waals surface area contributed by atoms with Gasteiger partial charge in [-0.15, -0.1) is 0 Å². The summed E-state index contributed by atoms with van der Waals surface area (Å²) >= 11 is 0. The first-order valence-electron chi connectivity index (χ1n) is 10.5. The Labute approximate surface area is 171 Å². The lowest BCUT2D eigenvalue weighted by Crippen LogP contribution is -2.52. The number of benzene rings is 1. The van der Waals surface area contributed by atoms with E-state index in [-0.39, 0.29) is 29.6 Å². The Hall–Kier alpha value is -1.99. The second kappa shape index (κ2) is 9.67. The number of halogens is 1. The molecule has 3 N–H and O–H groups in total. The highest BCUT2D eigenvalue weighted by Crippen LogP contribution is 2.32. The number of carboxylic acid groups (broad SMARTS) is 1. The third-order valence-corrected chi connectivity index (χ3v) is 6.60.